The van der Waals surface area contributed by atoms with Crippen LogP contribution in [0.25, 0.3) is 0 Å². The van der Waals surface area contributed by atoms with E-state index in [-0.39, 0.29) is 11.8 Å². The number of anilines is 1. The molecule has 132 valence electrons. The van der Waals surface area contributed by atoms with Crippen molar-refractivity contribution in [3.63, 3.8) is 0 Å². The Bertz CT molecular complexity index is 757. The Morgan fingerprint density at radius 2 is 1.80 bits per heavy atom. The summed E-state index contributed by atoms with van der Waals surface area (Å²) in [6.45, 7) is 6.41. The fraction of sp³-hybridized carbons (Fsp3) is 0.300. The zero-order chi connectivity index (χ0) is 18.4. The lowest BCUT2D eigenvalue weighted by Crippen LogP contribution is -2.38. The fourth-order valence-corrected chi connectivity index (χ4v) is 2.93. The first-order valence-electron chi connectivity index (χ1n) is 8.34. The molecule has 0 aliphatic carbocycles. The highest BCUT2D eigenvalue weighted by Crippen LogP contribution is 2.25. The molecule has 0 fully saturated rings. The van der Waals surface area contributed by atoms with Gasteiger partial charge >= 0.3 is 0 Å². The lowest BCUT2D eigenvalue weighted by Gasteiger charge is -2.26. The Morgan fingerprint density at radius 1 is 1.12 bits per heavy atom. The second kappa shape index (κ2) is 8.67. The third kappa shape index (κ3) is 4.83. The Morgan fingerprint density at radius 3 is 2.40 bits per heavy atom. The summed E-state index contributed by atoms with van der Waals surface area (Å²) in [4.78, 5) is 26.1. The van der Waals surface area contributed by atoms with Crippen LogP contribution in [0.2, 0.25) is 5.02 Å². The summed E-state index contributed by atoms with van der Waals surface area (Å²) in [5, 5.41) is 3.44. The third-order valence-electron chi connectivity index (χ3n) is 4.08. The summed E-state index contributed by atoms with van der Waals surface area (Å²) in [7, 11) is 0. The molecule has 0 unspecified atom stereocenters. The summed E-state index contributed by atoms with van der Waals surface area (Å²) in [5.41, 5.74) is 3.67. The van der Waals surface area contributed by atoms with Crippen LogP contribution in [0.1, 0.15) is 35.3 Å². The van der Waals surface area contributed by atoms with Gasteiger partial charge < -0.3 is 10.2 Å². The molecular formula is C20H23ClN2O2. The largest absolute Gasteiger partial charge is 0.350 e. The van der Waals surface area contributed by atoms with Gasteiger partial charge in [-0.15, -0.1) is 0 Å². The van der Waals surface area contributed by atoms with Gasteiger partial charge in [-0.2, -0.15) is 0 Å². The number of nitrogens with zero attached hydrogens (tertiary/aromatic N) is 1. The van der Waals surface area contributed by atoms with Crippen LogP contribution in [-0.2, 0) is 11.2 Å². The van der Waals surface area contributed by atoms with Gasteiger partial charge in [-0.05, 0) is 48.7 Å². The number of rotatable bonds is 6. The molecule has 2 aromatic carbocycles. The number of benzene rings is 2. The monoisotopic (exact) mass is 358 g/mol. The SMILES string of the molecule is CCc1cccc(C)c1N(CCNC(=O)c1ccc(Cl)cc1)C(C)=O. The van der Waals surface area contributed by atoms with Crippen LogP contribution < -0.4 is 10.2 Å². The topological polar surface area (TPSA) is 49.4 Å². The van der Waals surface area contributed by atoms with Gasteiger partial charge in [0.2, 0.25) is 5.91 Å². The highest BCUT2D eigenvalue weighted by atomic mass is 35.5. The van der Waals surface area contributed by atoms with Gasteiger partial charge in [-0.3, -0.25) is 9.59 Å². The van der Waals surface area contributed by atoms with Gasteiger partial charge in [-0.25, -0.2) is 0 Å². The molecule has 2 amide bonds. The van der Waals surface area contributed by atoms with E-state index in [0.717, 1.165) is 23.2 Å². The third-order valence-corrected chi connectivity index (χ3v) is 4.33. The van der Waals surface area contributed by atoms with Gasteiger partial charge in [0.05, 0.1) is 0 Å². The molecule has 0 saturated carbocycles. The predicted molar refractivity (Wildman–Crippen MR) is 102 cm³/mol. The number of amides is 2. The maximum atomic E-state index is 12.2. The number of hydrogen-bond acceptors (Lipinski definition) is 2. The van der Waals surface area contributed by atoms with E-state index in [9.17, 15) is 9.59 Å². The first-order chi connectivity index (χ1) is 11.9. The molecule has 0 saturated heterocycles. The molecule has 4 nitrogen and oxygen atoms in total. The van der Waals surface area contributed by atoms with Crippen molar-refractivity contribution in [1.82, 2.24) is 5.32 Å². The van der Waals surface area contributed by atoms with Crippen molar-refractivity contribution in [1.29, 1.82) is 0 Å². The number of halogens is 1. The van der Waals surface area contributed by atoms with Gasteiger partial charge in [0.25, 0.3) is 5.91 Å². The highest BCUT2D eigenvalue weighted by molar-refractivity contribution is 6.30. The van der Waals surface area contributed by atoms with Crippen LogP contribution in [0.5, 0.6) is 0 Å². The van der Waals surface area contributed by atoms with Crippen molar-refractivity contribution in [2.24, 2.45) is 0 Å². The lowest BCUT2D eigenvalue weighted by molar-refractivity contribution is -0.116. The van der Waals surface area contributed by atoms with E-state index in [1.54, 1.807) is 36.1 Å². The fourth-order valence-electron chi connectivity index (χ4n) is 2.80. The molecule has 0 aliphatic rings. The van der Waals surface area contributed by atoms with Crippen molar-refractivity contribution >= 4 is 29.1 Å². The molecule has 2 rings (SSSR count). The number of carbonyl (C=O) groups is 2. The van der Waals surface area contributed by atoms with Crippen LogP contribution >= 0.6 is 11.6 Å². The maximum absolute atomic E-state index is 12.2. The Labute approximate surface area is 153 Å². The van der Waals surface area contributed by atoms with Crippen molar-refractivity contribution in [3.05, 3.63) is 64.2 Å². The molecular weight excluding hydrogens is 336 g/mol. The number of para-hydroxylation sites is 1. The highest BCUT2D eigenvalue weighted by Gasteiger charge is 2.17. The molecule has 25 heavy (non-hydrogen) atoms. The molecule has 1 N–H and O–H groups in total. The number of carbonyl (C=O) groups excluding carboxylic acids is 2. The van der Waals surface area contributed by atoms with E-state index < -0.39 is 0 Å². The first kappa shape index (κ1) is 19.0. The molecule has 0 atom stereocenters. The van der Waals surface area contributed by atoms with Gasteiger partial charge in [0.15, 0.2) is 0 Å². The molecule has 0 bridgehead atoms. The predicted octanol–water partition coefficient (Wildman–Crippen LogP) is 3.99. The zero-order valence-electron chi connectivity index (χ0n) is 14.8. The van der Waals surface area contributed by atoms with E-state index in [1.165, 1.54) is 0 Å². The number of aryl methyl sites for hydroxylation is 2. The summed E-state index contributed by atoms with van der Waals surface area (Å²) in [6, 6.07) is 12.7. The van der Waals surface area contributed by atoms with E-state index in [1.807, 2.05) is 25.1 Å². The Kier molecular flexibility index (Phi) is 6.59. The van der Waals surface area contributed by atoms with Crippen molar-refractivity contribution in [3.8, 4) is 0 Å². The smallest absolute Gasteiger partial charge is 0.251 e. The van der Waals surface area contributed by atoms with E-state index in [4.69, 9.17) is 11.6 Å². The molecule has 0 spiro atoms. The van der Waals surface area contributed by atoms with E-state index in [2.05, 4.69) is 12.2 Å². The van der Waals surface area contributed by atoms with Crippen LogP contribution in [0, 0.1) is 6.92 Å². The van der Waals surface area contributed by atoms with Gasteiger partial charge in [-0.1, -0.05) is 36.7 Å². The zero-order valence-corrected chi connectivity index (χ0v) is 15.6. The molecule has 5 heteroatoms. The minimum Gasteiger partial charge on any atom is -0.350 e. The van der Waals surface area contributed by atoms with Crippen LogP contribution in [-0.4, -0.2) is 24.9 Å². The van der Waals surface area contributed by atoms with E-state index in [0.29, 0.717) is 23.7 Å². The number of hydrogen-bond donors (Lipinski definition) is 1. The average molecular weight is 359 g/mol. The normalized spacial score (nSPS) is 10.4. The minimum absolute atomic E-state index is 0.0373. The van der Waals surface area contributed by atoms with Crippen molar-refractivity contribution in [2.45, 2.75) is 27.2 Å². The summed E-state index contributed by atoms with van der Waals surface area (Å²) in [6.07, 6.45) is 0.845. The summed E-state index contributed by atoms with van der Waals surface area (Å²) in [5.74, 6) is -0.217. The Balaban J connectivity index is 2.07. The average Bonchev–Trinajstić information content (AvgIpc) is 2.59. The second-order valence-corrected chi connectivity index (χ2v) is 6.31. The minimum atomic E-state index is -0.180. The van der Waals surface area contributed by atoms with Gasteiger partial charge in [0, 0.05) is 36.3 Å². The molecule has 0 radical (unpaired) electrons. The van der Waals surface area contributed by atoms with Crippen LogP contribution in [0.3, 0.4) is 0 Å². The molecule has 0 aliphatic heterocycles. The van der Waals surface area contributed by atoms with Crippen molar-refractivity contribution < 1.29 is 9.59 Å². The number of nitrogens with one attached hydrogen (secondary N) is 1. The Hall–Kier alpha value is -2.33. The second-order valence-electron chi connectivity index (χ2n) is 5.87. The molecule has 0 heterocycles. The lowest BCUT2D eigenvalue weighted by atomic mass is 10.0. The first-order valence-corrected chi connectivity index (χ1v) is 8.72. The summed E-state index contributed by atoms with van der Waals surface area (Å²) < 4.78 is 0. The van der Waals surface area contributed by atoms with Crippen LogP contribution in [0.15, 0.2) is 42.5 Å². The van der Waals surface area contributed by atoms with E-state index >= 15 is 0 Å². The summed E-state index contributed by atoms with van der Waals surface area (Å²) >= 11 is 5.83. The standard InChI is InChI=1S/C20H23ClN2O2/c1-4-16-7-5-6-14(2)19(16)23(15(3)24)13-12-22-20(25)17-8-10-18(21)11-9-17/h5-11H,4,12-13H2,1-3H3,(H,22,25). The maximum Gasteiger partial charge on any atom is 0.251 e. The van der Waals surface area contributed by atoms with Gasteiger partial charge in [0.1, 0.15) is 0 Å². The quantitative estimate of drug-likeness (QED) is 0.848. The molecule has 0 aromatic heterocycles. The van der Waals surface area contributed by atoms with Crippen LogP contribution in [0.4, 0.5) is 5.69 Å². The molecule has 2 aromatic rings. The van der Waals surface area contributed by atoms with Crippen molar-refractivity contribution in [2.75, 3.05) is 18.0 Å².